The molecule has 0 radical (unpaired) electrons. The van der Waals surface area contributed by atoms with Crippen LogP contribution in [0.3, 0.4) is 0 Å². The lowest BCUT2D eigenvalue weighted by atomic mass is 9.97. The van der Waals surface area contributed by atoms with Crippen LogP contribution < -0.4 is 10.9 Å². The van der Waals surface area contributed by atoms with Crippen LogP contribution in [0.5, 0.6) is 0 Å². The fraction of sp³-hybridized carbons (Fsp3) is 0.375. The maximum absolute atomic E-state index is 13.2. The molecular weight excluding hydrogens is 472 g/mol. The molecule has 5 rings (SSSR count). The molecule has 6 nitrogen and oxygen atoms in total. The van der Waals surface area contributed by atoms with Gasteiger partial charge in [0.2, 0.25) is 5.91 Å². The van der Waals surface area contributed by atoms with E-state index in [0.29, 0.717) is 16.8 Å². The van der Waals surface area contributed by atoms with Gasteiger partial charge in [0.1, 0.15) is 11.4 Å². The number of likely N-dealkylation sites (tertiary alicyclic amines) is 1. The van der Waals surface area contributed by atoms with Crippen molar-refractivity contribution in [1.29, 1.82) is 0 Å². The van der Waals surface area contributed by atoms with Gasteiger partial charge in [-0.05, 0) is 54.7 Å². The number of hydrogen-bond acceptors (Lipinski definition) is 7. The molecule has 4 aromatic heterocycles. The summed E-state index contributed by atoms with van der Waals surface area (Å²) >= 11 is 4.79. The Kier molecular flexibility index (Phi) is 6.73. The van der Waals surface area contributed by atoms with E-state index in [1.54, 1.807) is 22.7 Å². The molecule has 0 bridgehead atoms. The first-order chi connectivity index (χ1) is 16.1. The molecule has 1 aliphatic heterocycles. The van der Waals surface area contributed by atoms with Gasteiger partial charge in [0.05, 0.1) is 17.8 Å². The number of nitrogens with one attached hydrogen (secondary N) is 1. The Labute approximate surface area is 204 Å². The van der Waals surface area contributed by atoms with E-state index in [9.17, 15) is 9.59 Å². The van der Waals surface area contributed by atoms with Gasteiger partial charge in [-0.15, -0.1) is 34.0 Å². The predicted octanol–water partition coefficient (Wildman–Crippen LogP) is 4.84. The smallest absolute Gasteiger partial charge is 0.263 e. The molecule has 1 amide bonds. The monoisotopic (exact) mass is 498 g/mol. The van der Waals surface area contributed by atoms with Gasteiger partial charge < -0.3 is 5.32 Å². The van der Waals surface area contributed by atoms with Crippen LogP contribution in [0.15, 0.2) is 51.5 Å². The zero-order valence-electron chi connectivity index (χ0n) is 18.4. The second kappa shape index (κ2) is 9.89. The molecule has 4 aromatic rings. The standard InChI is InChI=1S/C24H26N4O2S3/c1-16-6-8-27(9-7-16)18(20-5-3-11-32-20)12-25-21(29)13-28-15-26-23-22(24(28)30)17(14-33-23)19-4-2-10-31-19/h2-5,10-11,14-16,18H,6-9,12-13H2,1H3,(H,25,29). The highest BCUT2D eigenvalue weighted by Gasteiger charge is 2.26. The predicted molar refractivity (Wildman–Crippen MR) is 137 cm³/mol. The van der Waals surface area contributed by atoms with Crippen LogP contribution >= 0.6 is 34.0 Å². The molecule has 0 saturated carbocycles. The third kappa shape index (κ3) is 4.82. The highest BCUT2D eigenvalue weighted by Crippen LogP contribution is 2.33. The molecule has 1 N–H and O–H groups in total. The minimum atomic E-state index is -0.168. The van der Waals surface area contributed by atoms with Crippen molar-refractivity contribution in [2.75, 3.05) is 19.6 Å². The van der Waals surface area contributed by atoms with Crippen molar-refractivity contribution >= 4 is 50.1 Å². The first-order valence-corrected chi connectivity index (χ1v) is 13.8. The fourth-order valence-electron chi connectivity index (χ4n) is 4.35. The number of carbonyl (C=O) groups excluding carboxylic acids is 1. The molecule has 9 heteroatoms. The summed E-state index contributed by atoms with van der Waals surface area (Å²) in [7, 11) is 0. The normalized spacial score (nSPS) is 16.3. The summed E-state index contributed by atoms with van der Waals surface area (Å²) in [5.41, 5.74) is 0.731. The Balaban J connectivity index is 1.31. The van der Waals surface area contributed by atoms with Gasteiger partial charge in [-0.1, -0.05) is 19.1 Å². The third-order valence-electron chi connectivity index (χ3n) is 6.28. The van der Waals surface area contributed by atoms with Crippen molar-refractivity contribution < 1.29 is 4.79 Å². The van der Waals surface area contributed by atoms with Gasteiger partial charge in [-0.25, -0.2) is 4.98 Å². The number of piperidine rings is 1. The zero-order chi connectivity index (χ0) is 22.8. The molecule has 1 fully saturated rings. The maximum Gasteiger partial charge on any atom is 0.263 e. The van der Waals surface area contributed by atoms with E-state index in [2.05, 4.69) is 39.6 Å². The number of hydrogen-bond donors (Lipinski definition) is 1. The third-order valence-corrected chi connectivity index (χ3v) is 9.05. The highest BCUT2D eigenvalue weighted by molar-refractivity contribution is 7.18. The Bertz CT molecular complexity index is 1270. The fourth-order valence-corrected chi connectivity index (χ4v) is 6.93. The van der Waals surface area contributed by atoms with Gasteiger partial charge >= 0.3 is 0 Å². The van der Waals surface area contributed by atoms with Gasteiger partial charge in [-0.2, -0.15) is 0 Å². The lowest BCUT2D eigenvalue weighted by Crippen LogP contribution is -2.42. The minimum absolute atomic E-state index is 0.0320. The summed E-state index contributed by atoms with van der Waals surface area (Å²) in [6.07, 6.45) is 3.86. The van der Waals surface area contributed by atoms with Crippen molar-refractivity contribution in [2.45, 2.75) is 32.4 Å². The molecule has 172 valence electrons. The summed E-state index contributed by atoms with van der Waals surface area (Å²) < 4.78 is 1.42. The quantitative estimate of drug-likeness (QED) is 0.396. The Morgan fingerprint density at radius 2 is 1.97 bits per heavy atom. The van der Waals surface area contributed by atoms with E-state index in [0.717, 1.165) is 29.4 Å². The molecule has 33 heavy (non-hydrogen) atoms. The first-order valence-electron chi connectivity index (χ1n) is 11.1. The summed E-state index contributed by atoms with van der Waals surface area (Å²) in [4.78, 5) is 36.0. The number of nitrogens with zero attached hydrogens (tertiary/aromatic N) is 3. The highest BCUT2D eigenvalue weighted by atomic mass is 32.1. The van der Waals surface area contributed by atoms with E-state index >= 15 is 0 Å². The molecule has 1 atom stereocenters. The molecule has 0 spiro atoms. The zero-order valence-corrected chi connectivity index (χ0v) is 20.8. The molecule has 1 aliphatic rings. The molecule has 1 saturated heterocycles. The molecule has 5 heterocycles. The second-order valence-electron chi connectivity index (χ2n) is 8.54. The van der Waals surface area contributed by atoms with Gasteiger partial charge in [-0.3, -0.25) is 19.1 Å². The topological polar surface area (TPSA) is 67.2 Å². The molecule has 1 unspecified atom stereocenters. The summed E-state index contributed by atoms with van der Waals surface area (Å²) in [6, 6.07) is 8.35. The average Bonchev–Trinajstić information content (AvgIpc) is 3.59. The largest absolute Gasteiger partial charge is 0.353 e. The van der Waals surface area contributed by atoms with Crippen LogP contribution in [0.2, 0.25) is 0 Å². The first kappa shape index (κ1) is 22.5. The Morgan fingerprint density at radius 3 is 2.70 bits per heavy atom. The van der Waals surface area contributed by atoms with Crippen LogP contribution in [0, 0.1) is 5.92 Å². The SMILES string of the molecule is CC1CCN(C(CNC(=O)Cn2cnc3scc(-c4cccs4)c3c2=O)c2cccs2)CC1. The summed E-state index contributed by atoms with van der Waals surface area (Å²) in [5.74, 6) is 0.586. The van der Waals surface area contributed by atoms with E-state index in [-0.39, 0.29) is 24.1 Å². The number of carbonyl (C=O) groups is 1. The van der Waals surface area contributed by atoms with Crippen LogP contribution in [-0.2, 0) is 11.3 Å². The number of fused-ring (bicyclic) bond motifs is 1. The summed E-state index contributed by atoms with van der Waals surface area (Å²) in [5, 5.41) is 9.73. The second-order valence-corrected chi connectivity index (χ2v) is 11.3. The van der Waals surface area contributed by atoms with E-state index in [4.69, 9.17) is 0 Å². The van der Waals surface area contributed by atoms with Crippen LogP contribution in [0.4, 0.5) is 0 Å². The average molecular weight is 499 g/mol. The Morgan fingerprint density at radius 1 is 1.18 bits per heavy atom. The minimum Gasteiger partial charge on any atom is -0.353 e. The van der Waals surface area contributed by atoms with Crippen molar-refractivity contribution in [1.82, 2.24) is 19.8 Å². The van der Waals surface area contributed by atoms with Crippen molar-refractivity contribution in [3.05, 3.63) is 62.0 Å². The van der Waals surface area contributed by atoms with Crippen molar-refractivity contribution in [3.8, 4) is 10.4 Å². The van der Waals surface area contributed by atoms with E-state index in [1.165, 1.54) is 39.9 Å². The molecular formula is C24H26N4O2S3. The van der Waals surface area contributed by atoms with Gasteiger partial charge in [0.15, 0.2) is 0 Å². The number of amides is 1. The number of aromatic nitrogens is 2. The lowest BCUT2D eigenvalue weighted by Gasteiger charge is -2.36. The number of rotatable bonds is 7. The van der Waals surface area contributed by atoms with Crippen LogP contribution in [0.1, 0.15) is 30.7 Å². The van der Waals surface area contributed by atoms with Crippen molar-refractivity contribution in [3.63, 3.8) is 0 Å². The van der Waals surface area contributed by atoms with Crippen molar-refractivity contribution in [2.24, 2.45) is 5.92 Å². The Hall–Kier alpha value is -2.33. The lowest BCUT2D eigenvalue weighted by molar-refractivity contribution is -0.122. The summed E-state index contributed by atoms with van der Waals surface area (Å²) in [6.45, 7) is 4.90. The molecule has 0 aromatic carbocycles. The van der Waals surface area contributed by atoms with E-state index < -0.39 is 0 Å². The maximum atomic E-state index is 13.2. The van der Waals surface area contributed by atoms with Crippen LogP contribution in [-0.4, -0.2) is 40.0 Å². The van der Waals surface area contributed by atoms with Crippen LogP contribution in [0.25, 0.3) is 20.7 Å². The van der Waals surface area contributed by atoms with E-state index in [1.807, 2.05) is 22.9 Å². The molecule has 0 aliphatic carbocycles. The van der Waals surface area contributed by atoms with Gasteiger partial charge in [0, 0.05) is 27.2 Å². The number of thiophene rings is 3. The van der Waals surface area contributed by atoms with Gasteiger partial charge in [0.25, 0.3) is 5.56 Å².